The van der Waals surface area contributed by atoms with Crippen LogP contribution in [0.3, 0.4) is 0 Å². The number of hydrogen-bond acceptors (Lipinski definition) is 8. The summed E-state index contributed by atoms with van der Waals surface area (Å²) in [6.45, 7) is 4.62. The van der Waals surface area contributed by atoms with Crippen LogP contribution in [0.25, 0.3) is 23.0 Å². The topological polar surface area (TPSA) is 97.5 Å². The Kier molecular flexibility index (Phi) is 5.14. The highest BCUT2D eigenvalue weighted by Crippen LogP contribution is 2.23. The zero-order chi connectivity index (χ0) is 19.3. The van der Waals surface area contributed by atoms with Gasteiger partial charge in [0.1, 0.15) is 11.5 Å². The molecule has 1 aromatic carbocycles. The summed E-state index contributed by atoms with van der Waals surface area (Å²) < 4.78 is 10.8. The van der Waals surface area contributed by atoms with Gasteiger partial charge < -0.3 is 19.0 Å². The summed E-state index contributed by atoms with van der Waals surface area (Å²) in [5, 5.41) is 8.19. The summed E-state index contributed by atoms with van der Waals surface area (Å²) in [6.07, 6.45) is 3.01. The van der Waals surface area contributed by atoms with Gasteiger partial charge in [-0.2, -0.15) is 0 Å². The lowest BCUT2D eigenvalue weighted by Gasteiger charge is -2.34. The van der Waals surface area contributed by atoms with Crippen LogP contribution in [-0.2, 0) is 4.74 Å². The van der Waals surface area contributed by atoms with E-state index in [0.29, 0.717) is 56.1 Å². The van der Waals surface area contributed by atoms with Crippen LogP contribution in [0.1, 0.15) is 6.92 Å². The Morgan fingerprint density at radius 1 is 1.07 bits per heavy atom. The van der Waals surface area contributed by atoms with E-state index in [4.69, 9.17) is 9.15 Å². The van der Waals surface area contributed by atoms with E-state index in [2.05, 4.69) is 25.1 Å². The lowest BCUT2D eigenvalue weighted by Crippen LogP contribution is -2.49. The fourth-order valence-electron chi connectivity index (χ4n) is 2.97. The maximum atomic E-state index is 11.8. The molecule has 0 atom stereocenters. The van der Waals surface area contributed by atoms with Crippen molar-refractivity contribution in [1.82, 2.24) is 25.1 Å². The Bertz CT molecular complexity index is 938. The molecule has 3 aromatic rings. The van der Waals surface area contributed by atoms with Gasteiger partial charge in [-0.1, -0.05) is 18.2 Å². The van der Waals surface area contributed by atoms with Gasteiger partial charge >= 0.3 is 6.09 Å². The molecule has 2 aromatic heterocycles. The molecule has 4 rings (SSSR count). The molecule has 0 bridgehead atoms. The van der Waals surface area contributed by atoms with Crippen molar-refractivity contribution >= 4 is 11.9 Å². The Balaban J connectivity index is 1.47. The van der Waals surface area contributed by atoms with Gasteiger partial charge in [0.25, 0.3) is 5.89 Å². The number of nitrogens with zero attached hydrogens (tertiary/aromatic N) is 6. The van der Waals surface area contributed by atoms with Gasteiger partial charge in [0.15, 0.2) is 0 Å². The Morgan fingerprint density at radius 2 is 1.82 bits per heavy atom. The lowest BCUT2D eigenvalue weighted by atomic mass is 10.2. The van der Waals surface area contributed by atoms with Crippen molar-refractivity contribution in [2.75, 3.05) is 37.7 Å². The molecule has 28 heavy (non-hydrogen) atoms. The van der Waals surface area contributed by atoms with Crippen molar-refractivity contribution in [2.24, 2.45) is 0 Å². The van der Waals surface area contributed by atoms with Gasteiger partial charge in [0.05, 0.1) is 19.0 Å². The molecule has 1 amide bonds. The van der Waals surface area contributed by atoms with E-state index >= 15 is 0 Å². The number of rotatable bonds is 4. The summed E-state index contributed by atoms with van der Waals surface area (Å²) in [6, 6.07) is 9.56. The van der Waals surface area contributed by atoms with E-state index in [1.807, 2.05) is 30.3 Å². The number of aromatic nitrogens is 4. The summed E-state index contributed by atoms with van der Waals surface area (Å²) >= 11 is 0. The number of hydrogen-bond donors (Lipinski definition) is 0. The molecule has 1 fully saturated rings. The van der Waals surface area contributed by atoms with Crippen LogP contribution in [0.15, 0.2) is 47.1 Å². The molecule has 9 heteroatoms. The average molecular weight is 380 g/mol. The minimum atomic E-state index is -0.277. The van der Waals surface area contributed by atoms with Crippen LogP contribution < -0.4 is 4.90 Å². The fourth-order valence-corrected chi connectivity index (χ4v) is 2.97. The zero-order valence-electron chi connectivity index (χ0n) is 15.5. The van der Waals surface area contributed by atoms with E-state index in [1.165, 1.54) is 0 Å². The third-order valence-corrected chi connectivity index (χ3v) is 4.42. The summed E-state index contributed by atoms with van der Waals surface area (Å²) in [4.78, 5) is 24.5. The third-order valence-electron chi connectivity index (χ3n) is 4.42. The first kappa shape index (κ1) is 17.9. The molecular weight excluding hydrogens is 360 g/mol. The first-order valence-corrected chi connectivity index (χ1v) is 9.12. The molecular formula is C19H20N6O3. The zero-order valence-corrected chi connectivity index (χ0v) is 15.5. The second-order valence-corrected chi connectivity index (χ2v) is 6.21. The number of piperazine rings is 1. The normalized spacial score (nSPS) is 14.2. The van der Waals surface area contributed by atoms with Crippen LogP contribution in [-0.4, -0.2) is 63.9 Å². The minimum Gasteiger partial charge on any atom is -0.450 e. The van der Waals surface area contributed by atoms with Crippen LogP contribution in [0, 0.1) is 0 Å². The number of ether oxygens (including phenoxy) is 1. The number of carbonyl (C=O) groups is 1. The molecule has 1 saturated heterocycles. The second-order valence-electron chi connectivity index (χ2n) is 6.21. The second kappa shape index (κ2) is 8.03. The summed E-state index contributed by atoms with van der Waals surface area (Å²) in [5.74, 6) is 1.46. The number of anilines is 1. The molecule has 1 aliphatic rings. The summed E-state index contributed by atoms with van der Waals surface area (Å²) in [5.41, 5.74) is 1.36. The highest BCUT2D eigenvalue weighted by Gasteiger charge is 2.23. The number of carbonyl (C=O) groups excluding carboxylic acids is 1. The molecule has 3 heterocycles. The van der Waals surface area contributed by atoms with Crippen molar-refractivity contribution in [1.29, 1.82) is 0 Å². The SMILES string of the molecule is CCOC(=O)N1CCN(c2cncc(-c3nnc(-c4ccccc4)o3)n2)CC1. The van der Waals surface area contributed by atoms with Crippen LogP contribution in [0.4, 0.5) is 10.6 Å². The average Bonchev–Trinajstić information content (AvgIpc) is 3.25. The highest BCUT2D eigenvalue weighted by molar-refractivity contribution is 5.68. The van der Waals surface area contributed by atoms with E-state index in [0.717, 1.165) is 5.56 Å². The minimum absolute atomic E-state index is 0.277. The predicted octanol–water partition coefficient (Wildman–Crippen LogP) is 2.47. The summed E-state index contributed by atoms with van der Waals surface area (Å²) in [7, 11) is 0. The molecule has 0 saturated carbocycles. The van der Waals surface area contributed by atoms with Crippen LogP contribution >= 0.6 is 0 Å². The largest absolute Gasteiger partial charge is 0.450 e. The van der Waals surface area contributed by atoms with Gasteiger partial charge in [0, 0.05) is 31.7 Å². The maximum Gasteiger partial charge on any atom is 0.409 e. The highest BCUT2D eigenvalue weighted by atomic mass is 16.6. The smallest absolute Gasteiger partial charge is 0.409 e. The van der Waals surface area contributed by atoms with E-state index in [9.17, 15) is 4.79 Å². The van der Waals surface area contributed by atoms with Gasteiger partial charge in [0.2, 0.25) is 5.89 Å². The van der Waals surface area contributed by atoms with E-state index in [1.54, 1.807) is 24.2 Å². The van der Waals surface area contributed by atoms with Crippen molar-refractivity contribution in [2.45, 2.75) is 6.92 Å². The number of benzene rings is 1. The monoisotopic (exact) mass is 380 g/mol. The third kappa shape index (κ3) is 3.78. The molecule has 0 spiro atoms. The van der Waals surface area contributed by atoms with E-state index < -0.39 is 0 Å². The van der Waals surface area contributed by atoms with E-state index in [-0.39, 0.29) is 6.09 Å². The predicted molar refractivity (Wildman–Crippen MR) is 102 cm³/mol. The molecule has 0 unspecified atom stereocenters. The van der Waals surface area contributed by atoms with Gasteiger partial charge in [-0.25, -0.2) is 9.78 Å². The lowest BCUT2D eigenvalue weighted by molar-refractivity contribution is 0.105. The van der Waals surface area contributed by atoms with Gasteiger partial charge in [-0.3, -0.25) is 4.98 Å². The Labute approximate surface area is 162 Å². The standard InChI is InChI=1S/C19H20N6O3/c1-2-27-19(26)25-10-8-24(9-11-25)16-13-20-12-15(21-16)18-23-22-17(28-18)14-6-4-3-5-7-14/h3-7,12-13H,2,8-11H2,1H3. The molecule has 0 aliphatic carbocycles. The van der Waals surface area contributed by atoms with Crippen molar-refractivity contribution in [3.63, 3.8) is 0 Å². The van der Waals surface area contributed by atoms with Crippen molar-refractivity contribution in [3.05, 3.63) is 42.7 Å². The molecule has 0 radical (unpaired) electrons. The molecule has 9 nitrogen and oxygen atoms in total. The van der Waals surface area contributed by atoms with Crippen molar-refractivity contribution in [3.8, 4) is 23.0 Å². The molecule has 1 aliphatic heterocycles. The quantitative estimate of drug-likeness (QED) is 0.681. The van der Waals surface area contributed by atoms with Gasteiger partial charge in [-0.05, 0) is 19.1 Å². The first-order valence-electron chi connectivity index (χ1n) is 9.12. The fraction of sp³-hybridized carbons (Fsp3) is 0.316. The van der Waals surface area contributed by atoms with Crippen LogP contribution in [0.5, 0.6) is 0 Å². The Hall–Kier alpha value is -3.49. The molecule has 0 N–H and O–H groups in total. The maximum absolute atomic E-state index is 11.8. The Morgan fingerprint density at radius 3 is 2.57 bits per heavy atom. The van der Waals surface area contributed by atoms with Crippen LogP contribution in [0.2, 0.25) is 0 Å². The van der Waals surface area contributed by atoms with Crippen molar-refractivity contribution < 1.29 is 13.9 Å². The first-order chi connectivity index (χ1) is 13.7. The number of amides is 1. The van der Waals surface area contributed by atoms with Gasteiger partial charge in [-0.15, -0.1) is 10.2 Å². The molecule has 144 valence electrons.